The monoisotopic (exact) mass is 406 g/mol. The van der Waals surface area contributed by atoms with E-state index in [4.69, 9.17) is 9.15 Å². The standard InChI is InChI=1S/C20H14N4O4S/c1-27-13-7-4-8-14-17(13)23-20(29-14)22-15(25)9-24-10-21-16-11-5-2-3-6-12(11)28-18(16)19(24)26/h2-8,10H,9H2,1H3,(H,22,23,25). The predicted octanol–water partition coefficient (Wildman–Crippen LogP) is 3.40. The molecular weight excluding hydrogens is 392 g/mol. The highest BCUT2D eigenvalue weighted by Gasteiger charge is 2.16. The fraction of sp³-hybridized carbons (Fsp3) is 0.100. The number of carbonyl (C=O) groups is 1. The minimum absolute atomic E-state index is 0.131. The second kappa shape index (κ2) is 6.71. The number of ether oxygens (including phenoxy) is 1. The molecule has 29 heavy (non-hydrogen) atoms. The molecule has 0 fully saturated rings. The lowest BCUT2D eigenvalue weighted by molar-refractivity contribution is -0.116. The Hall–Kier alpha value is -3.72. The summed E-state index contributed by atoms with van der Waals surface area (Å²) < 4.78 is 13.0. The number of carbonyl (C=O) groups excluding carboxylic acids is 1. The van der Waals surface area contributed by atoms with Gasteiger partial charge in [-0.3, -0.25) is 14.2 Å². The maximum absolute atomic E-state index is 12.7. The zero-order valence-corrected chi connectivity index (χ0v) is 16.0. The third-order valence-corrected chi connectivity index (χ3v) is 5.45. The molecule has 8 nitrogen and oxygen atoms in total. The number of rotatable bonds is 4. The molecule has 1 amide bonds. The minimum atomic E-state index is -0.410. The molecule has 0 saturated heterocycles. The molecule has 2 aromatic carbocycles. The Kier molecular flexibility index (Phi) is 4.02. The summed E-state index contributed by atoms with van der Waals surface area (Å²) in [6.45, 7) is -0.203. The molecule has 0 saturated carbocycles. The van der Waals surface area contributed by atoms with Crippen LogP contribution in [0.15, 0.2) is 58.0 Å². The van der Waals surface area contributed by atoms with Crippen LogP contribution in [0.3, 0.4) is 0 Å². The normalized spacial score (nSPS) is 11.3. The molecule has 0 aliphatic rings. The van der Waals surface area contributed by atoms with Gasteiger partial charge in [0.25, 0.3) is 5.56 Å². The van der Waals surface area contributed by atoms with Crippen molar-refractivity contribution in [2.45, 2.75) is 6.54 Å². The van der Waals surface area contributed by atoms with E-state index in [1.165, 1.54) is 22.2 Å². The molecule has 0 aliphatic carbocycles. The molecule has 3 aromatic heterocycles. The van der Waals surface area contributed by atoms with Crippen molar-refractivity contribution in [2.75, 3.05) is 12.4 Å². The zero-order valence-electron chi connectivity index (χ0n) is 15.2. The summed E-state index contributed by atoms with van der Waals surface area (Å²) in [5, 5.41) is 3.92. The van der Waals surface area contributed by atoms with Gasteiger partial charge in [-0.2, -0.15) is 0 Å². The third kappa shape index (κ3) is 2.92. The van der Waals surface area contributed by atoms with Crippen molar-refractivity contribution in [1.82, 2.24) is 14.5 Å². The first-order valence-corrected chi connectivity index (χ1v) is 9.56. The van der Waals surface area contributed by atoms with Crippen molar-refractivity contribution in [3.05, 3.63) is 59.1 Å². The van der Waals surface area contributed by atoms with E-state index >= 15 is 0 Å². The average Bonchev–Trinajstić information content (AvgIpc) is 3.31. The molecule has 1 N–H and O–H groups in total. The van der Waals surface area contributed by atoms with Crippen LogP contribution in [-0.2, 0) is 11.3 Å². The summed E-state index contributed by atoms with van der Waals surface area (Å²) in [7, 11) is 1.57. The summed E-state index contributed by atoms with van der Waals surface area (Å²) >= 11 is 1.33. The number of furan rings is 1. The molecule has 9 heteroatoms. The Morgan fingerprint density at radius 3 is 2.93 bits per heavy atom. The first-order valence-electron chi connectivity index (χ1n) is 8.74. The van der Waals surface area contributed by atoms with Crippen LogP contribution < -0.4 is 15.6 Å². The Labute approximate surface area is 167 Å². The number of anilines is 1. The number of aromatic nitrogens is 3. The second-order valence-electron chi connectivity index (χ2n) is 6.33. The third-order valence-electron chi connectivity index (χ3n) is 4.51. The quantitative estimate of drug-likeness (QED) is 0.491. The van der Waals surface area contributed by atoms with Gasteiger partial charge in [0.05, 0.1) is 18.1 Å². The van der Waals surface area contributed by atoms with Gasteiger partial charge in [0.2, 0.25) is 11.5 Å². The molecule has 5 aromatic rings. The zero-order chi connectivity index (χ0) is 20.0. The number of fused-ring (bicyclic) bond motifs is 4. The lowest BCUT2D eigenvalue weighted by Crippen LogP contribution is -2.27. The predicted molar refractivity (Wildman–Crippen MR) is 111 cm³/mol. The lowest BCUT2D eigenvalue weighted by atomic mass is 10.2. The van der Waals surface area contributed by atoms with Crippen molar-refractivity contribution in [2.24, 2.45) is 0 Å². The highest BCUT2D eigenvalue weighted by atomic mass is 32.1. The van der Waals surface area contributed by atoms with E-state index in [1.807, 2.05) is 30.3 Å². The molecule has 0 bridgehead atoms. The molecular formula is C20H14N4O4S. The number of hydrogen-bond donors (Lipinski definition) is 1. The summed E-state index contributed by atoms with van der Waals surface area (Å²) in [5.41, 5.74) is 1.47. The summed E-state index contributed by atoms with van der Waals surface area (Å²) in [5.74, 6) is 0.248. The van der Waals surface area contributed by atoms with Gasteiger partial charge < -0.3 is 14.5 Å². The van der Waals surface area contributed by atoms with Crippen LogP contribution in [0, 0.1) is 0 Å². The summed E-state index contributed by atoms with van der Waals surface area (Å²) in [6, 6.07) is 12.9. The van der Waals surface area contributed by atoms with E-state index in [1.54, 1.807) is 19.2 Å². The fourth-order valence-corrected chi connectivity index (χ4v) is 4.08. The van der Waals surface area contributed by atoms with Crippen molar-refractivity contribution in [3.8, 4) is 5.75 Å². The van der Waals surface area contributed by atoms with E-state index in [9.17, 15) is 9.59 Å². The number of methoxy groups -OCH3 is 1. The van der Waals surface area contributed by atoms with Gasteiger partial charge >= 0.3 is 0 Å². The van der Waals surface area contributed by atoms with Crippen molar-refractivity contribution < 1.29 is 13.9 Å². The Bertz CT molecular complexity index is 1450. The van der Waals surface area contributed by atoms with Crippen molar-refractivity contribution in [3.63, 3.8) is 0 Å². The Morgan fingerprint density at radius 2 is 2.07 bits per heavy atom. The maximum atomic E-state index is 12.7. The first-order chi connectivity index (χ1) is 14.1. The van der Waals surface area contributed by atoms with Crippen LogP contribution in [0.4, 0.5) is 5.13 Å². The van der Waals surface area contributed by atoms with E-state index in [2.05, 4.69) is 15.3 Å². The van der Waals surface area contributed by atoms with Crippen LogP contribution in [0.5, 0.6) is 5.75 Å². The average molecular weight is 406 g/mol. The molecule has 0 atom stereocenters. The van der Waals surface area contributed by atoms with E-state index in [0.29, 0.717) is 27.5 Å². The molecule has 3 heterocycles. The van der Waals surface area contributed by atoms with Crippen LogP contribution in [0.1, 0.15) is 0 Å². The van der Waals surface area contributed by atoms with Crippen molar-refractivity contribution >= 4 is 54.7 Å². The van der Waals surface area contributed by atoms with E-state index in [0.717, 1.165) is 10.1 Å². The number of hydrogen-bond acceptors (Lipinski definition) is 7. The Balaban J connectivity index is 1.43. The van der Waals surface area contributed by atoms with Gasteiger partial charge in [-0.05, 0) is 24.3 Å². The molecule has 0 radical (unpaired) electrons. The number of amides is 1. The van der Waals surface area contributed by atoms with Gasteiger partial charge in [-0.1, -0.05) is 29.5 Å². The topological polar surface area (TPSA) is 99.2 Å². The molecule has 144 valence electrons. The number of thiazole rings is 1. The van der Waals surface area contributed by atoms with Crippen LogP contribution >= 0.6 is 11.3 Å². The highest BCUT2D eigenvalue weighted by Crippen LogP contribution is 2.32. The van der Waals surface area contributed by atoms with Gasteiger partial charge in [-0.15, -0.1) is 0 Å². The fourth-order valence-electron chi connectivity index (χ4n) is 3.18. The highest BCUT2D eigenvalue weighted by molar-refractivity contribution is 7.22. The van der Waals surface area contributed by atoms with Crippen LogP contribution in [0.2, 0.25) is 0 Å². The molecule has 0 unspecified atom stereocenters. The van der Waals surface area contributed by atoms with Gasteiger partial charge in [0.15, 0.2) is 5.13 Å². The van der Waals surface area contributed by atoms with Crippen molar-refractivity contribution in [1.29, 1.82) is 0 Å². The summed E-state index contributed by atoms with van der Waals surface area (Å²) in [6.07, 6.45) is 1.35. The molecule has 0 spiro atoms. The van der Waals surface area contributed by atoms with Gasteiger partial charge in [0.1, 0.15) is 28.9 Å². The number of para-hydroxylation sites is 2. The summed E-state index contributed by atoms with van der Waals surface area (Å²) in [4.78, 5) is 33.9. The largest absolute Gasteiger partial charge is 0.494 e. The van der Waals surface area contributed by atoms with Gasteiger partial charge in [0, 0.05) is 5.39 Å². The number of benzene rings is 2. The SMILES string of the molecule is COc1cccc2sc(NC(=O)Cn3cnc4c(oc5ccccc54)c3=O)nc12. The number of nitrogens with zero attached hydrogens (tertiary/aromatic N) is 3. The smallest absolute Gasteiger partial charge is 0.297 e. The van der Waals surface area contributed by atoms with E-state index < -0.39 is 5.56 Å². The first kappa shape index (κ1) is 17.4. The van der Waals surface area contributed by atoms with Crippen LogP contribution in [0.25, 0.3) is 32.3 Å². The van der Waals surface area contributed by atoms with E-state index in [-0.39, 0.29) is 18.0 Å². The molecule has 5 rings (SSSR count). The second-order valence-corrected chi connectivity index (χ2v) is 7.36. The maximum Gasteiger partial charge on any atom is 0.297 e. The number of nitrogens with one attached hydrogen (secondary N) is 1. The Morgan fingerprint density at radius 1 is 1.21 bits per heavy atom. The van der Waals surface area contributed by atoms with Gasteiger partial charge in [-0.25, -0.2) is 9.97 Å². The lowest BCUT2D eigenvalue weighted by Gasteiger charge is -2.04. The molecule has 0 aliphatic heterocycles. The van der Waals surface area contributed by atoms with Crippen LogP contribution in [-0.4, -0.2) is 27.6 Å². The minimum Gasteiger partial charge on any atom is -0.494 e.